The molecule has 1 amide bonds. The Balaban J connectivity index is 1.58. The molecule has 5 nitrogen and oxygen atoms in total. The van der Waals surface area contributed by atoms with Gasteiger partial charge in [-0.15, -0.1) is 10.2 Å². The zero-order valence-electron chi connectivity index (χ0n) is 12.8. The molecule has 0 fully saturated rings. The Morgan fingerprint density at radius 1 is 1.21 bits per heavy atom. The van der Waals surface area contributed by atoms with Gasteiger partial charge in [0.15, 0.2) is 6.61 Å². The van der Waals surface area contributed by atoms with Gasteiger partial charge >= 0.3 is 0 Å². The van der Waals surface area contributed by atoms with Crippen molar-refractivity contribution in [3.8, 4) is 16.3 Å². The van der Waals surface area contributed by atoms with E-state index >= 15 is 0 Å². The Bertz CT molecular complexity index is 849. The quantitative estimate of drug-likeness (QED) is 0.742. The lowest BCUT2D eigenvalue weighted by atomic mass is 10.2. The first-order chi connectivity index (χ1) is 11.6. The summed E-state index contributed by atoms with van der Waals surface area (Å²) in [5, 5.41) is 12.5. The molecule has 0 aliphatic rings. The van der Waals surface area contributed by atoms with Crippen LogP contribution in [-0.4, -0.2) is 22.7 Å². The van der Waals surface area contributed by atoms with Crippen LogP contribution in [0.4, 0.5) is 5.13 Å². The Kier molecular flexibility index (Phi) is 5.08. The third-order valence-corrected chi connectivity index (χ3v) is 4.26. The van der Waals surface area contributed by atoms with Crippen LogP contribution >= 0.6 is 22.9 Å². The smallest absolute Gasteiger partial charge is 0.264 e. The minimum Gasteiger partial charge on any atom is -0.484 e. The standard InChI is InChI=1S/C17H14ClN3O2S/c1-11-5-7-12(8-6-11)16-20-21-17(24-16)19-15(22)10-23-14-4-2-3-13(18)9-14/h2-9H,10H2,1H3,(H,19,21,22). The molecule has 7 heteroatoms. The number of carbonyl (C=O) groups is 1. The molecule has 122 valence electrons. The molecule has 0 saturated heterocycles. The minimum absolute atomic E-state index is 0.125. The molecule has 2 aromatic carbocycles. The van der Waals surface area contributed by atoms with Crippen LogP contribution in [-0.2, 0) is 4.79 Å². The molecular formula is C17H14ClN3O2S. The van der Waals surface area contributed by atoms with Gasteiger partial charge in [0, 0.05) is 10.6 Å². The molecule has 0 atom stereocenters. The maximum atomic E-state index is 11.9. The van der Waals surface area contributed by atoms with Crippen molar-refractivity contribution in [1.82, 2.24) is 10.2 Å². The number of nitrogens with one attached hydrogen (secondary N) is 1. The fourth-order valence-corrected chi connectivity index (χ4v) is 2.89. The average molecular weight is 360 g/mol. The first-order valence-electron chi connectivity index (χ1n) is 7.19. The number of anilines is 1. The molecule has 0 saturated carbocycles. The van der Waals surface area contributed by atoms with Crippen LogP contribution in [0.15, 0.2) is 48.5 Å². The highest BCUT2D eigenvalue weighted by Gasteiger charge is 2.10. The summed E-state index contributed by atoms with van der Waals surface area (Å²) in [7, 11) is 0. The van der Waals surface area contributed by atoms with Gasteiger partial charge in [-0.2, -0.15) is 0 Å². The molecule has 1 heterocycles. The van der Waals surface area contributed by atoms with Gasteiger partial charge in [0.25, 0.3) is 5.91 Å². The van der Waals surface area contributed by atoms with E-state index in [1.165, 1.54) is 16.9 Å². The van der Waals surface area contributed by atoms with E-state index in [4.69, 9.17) is 16.3 Å². The number of halogens is 1. The number of aryl methyl sites for hydroxylation is 1. The number of amides is 1. The monoisotopic (exact) mass is 359 g/mol. The van der Waals surface area contributed by atoms with Crippen molar-refractivity contribution >= 4 is 34.0 Å². The van der Waals surface area contributed by atoms with E-state index in [-0.39, 0.29) is 12.5 Å². The van der Waals surface area contributed by atoms with Crippen molar-refractivity contribution < 1.29 is 9.53 Å². The van der Waals surface area contributed by atoms with Crippen molar-refractivity contribution in [2.24, 2.45) is 0 Å². The summed E-state index contributed by atoms with van der Waals surface area (Å²) in [6.07, 6.45) is 0. The molecule has 0 spiro atoms. The van der Waals surface area contributed by atoms with Gasteiger partial charge in [-0.3, -0.25) is 10.1 Å². The number of rotatable bonds is 5. The molecule has 24 heavy (non-hydrogen) atoms. The maximum absolute atomic E-state index is 11.9. The van der Waals surface area contributed by atoms with E-state index in [9.17, 15) is 4.79 Å². The molecule has 1 aromatic heterocycles. The molecular weight excluding hydrogens is 346 g/mol. The predicted octanol–water partition coefficient (Wildman–Crippen LogP) is 4.18. The third kappa shape index (κ3) is 4.31. The Hall–Kier alpha value is -2.44. The first-order valence-corrected chi connectivity index (χ1v) is 8.38. The fourth-order valence-electron chi connectivity index (χ4n) is 1.95. The van der Waals surface area contributed by atoms with Crippen LogP contribution in [0, 0.1) is 6.92 Å². The van der Waals surface area contributed by atoms with Crippen molar-refractivity contribution in [3.05, 3.63) is 59.1 Å². The summed E-state index contributed by atoms with van der Waals surface area (Å²) in [5.41, 5.74) is 2.14. The minimum atomic E-state index is -0.304. The van der Waals surface area contributed by atoms with Gasteiger partial charge < -0.3 is 4.74 Å². The van der Waals surface area contributed by atoms with E-state index in [2.05, 4.69) is 15.5 Å². The summed E-state index contributed by atoms with van der Waals surface area (Å²) in [6.45, 7) is 1.90. The number of ether oxygens (including phenoxy) is 1. The van der Waals surface area contributed by atoms with Gasteiger partial charge in [0.05, 0.1) is 0 Å². The largest absolute Gasteiger partial charge is 0.484 e. The number of aromatic nitrogens is 2. The highest BCUT2D eigenvalue weighted by Crippen LogP contribution is 2.26. The van der Waals surface area contributed by atoms with Gasteiger partial charge in [-0.05, 0) is 25.1 Å². The zero-order chi connectivity index (χ0) is 16.9. The number of hydrogen-bond donors (Lipinski definition) is 1. The van der Waals surface area contributed by atoms with Crippen LogP contribution < -0.4 is 10.1 Å². The average Bonchev–Trinajstić information content (AvgIpc) is 3.02. The maximum Gasteiger partial charge on any atom is 0.264 e. The third-order valence-electron chi connectivity index (χ3n) is 3.14. The van der Waals surface area contributed by atoms with Gasteiger partial charge in [0.1, 0.15) is 10.8 Å². The summed E-state index contributed by atoms with van der Waals surface area (Å²) in [5.74, 6) is 0.233. The highest BCUT2D eigenvalue weighted by atomic mass is 35.5. The van der Waals surface area contributed by atoms with Crippen molar-refractivity contribution in [2.45, 2.75) is 6.92 Å². The molecule has 3 aromatic rings. The van der Waals surface area contributed by atoms with E-state index in [1.54, 1.807) is 24.3 Å². The van der Waals surface area contributed by atoms with Gasteiger partial charge in [0.2, 0.25) is 5.13 Å². The van der Waals surface area contributed by atoms with Crippen molar-refractivity contribution in [2.75, 3.05) is 11.9 Å². The number of hydrogen-bond acceptors (Lipinski definition) is 5. The number of carbonyl (C=O) groups excluding carboxylic acids is 1. The van der Waals surface area contributed by atoms with Crippen LogP contribution in [0.5, 0.6) is 5.75 Å². The lowest BCUT2D eigenvalue weighted by molar-refractivity contribution is -0.118. The Labute approximate surface area is 148 Å². The molecule has 0 radical (unpaired) electrons. The zero-order valence-corrected chi connectivity index (χ0v) is 14.4. The van der Waals surface area contributed by atoms with Crippen molar-refractivity contribution in [3.63, 3.8) is 0 Å². The van der Waals surface area contributed by atoms with E-state index in [0.717, 1.165) is 10.6 Å². The lowest BCUT2D eigenvalue weighted by Crippen LogP contribution is -2.20. The highest BCUT2D eigenvalue weighted by molar-refractivity contribution is 7.18. The second kappa shape index (κ2) is 7.42. The summed E-state index contributed by atoms with van der Waals surface area (Å²) >= 11 is 7.18. The lowest BCUT2D eigenvalue weighted by Gasteiger charge is -2.05. The van der Waals surface area contributed by atoms with E-state index in [1.807, 2.05) is 31.2 Å². The fraction of sp³-hybridized carbons (Fsp3) is 0.118. The molecule has 3 rings (SSSR count). The summed E-state index contributed by atoms with van der Waals surface area (Å²) in [4.78, 5) is 11.9. The van der Waals surface area contributed by atoms with Gasteiger partial charge in [-0.25, -0.2) is 0 Å². The normalized spacial score (nSPS) is 10.4. The van der Waals surface area contributed by atoms with Gasteiger partial charge in [-0.1, -0.05) is 58.8 Å². The van der Waals surface area contributed by atoms with Crippen LogP contribution in [0.25, 0.3) is 10.6 Å². The van der Waals surface area contributed by atoms with E-state index in [0.29, 0.717) is 15.9 Å². The topological polar surface area (TPSA) is 64.1 Å². The Morgan fingerprint density at radius 2 is 2.00 bits per heavy atom. The molecule has 0 aliphatic carbocycles. The first kappa shape index (κ1) is 16.4. The SMILES string of the molecule is Cc1ccc(-c2nnc(NC(=O)COc3cccc(Cl)c3)s2)cc1. The van der Waals surface area contributed by atoms with E-state index < -0.39 is 0 Å². The van der Waals surface area contributed by atoms with Crippen LogP contribution in [0.1, 0.15) is 5.56 Å². The molecule has 0 bridgehead atoms. The summed E-state index contributed by atoms with van der Waals surface area (Å²) in [6, 6.07) is 14.8. The molecule has 0 aliphatic heterocycles. The Morgan fingerprint density at radius 3 is 2.75 bits per heavy atom. The number of nitrogens with zero attached hydrogens (tertiary/aromatic N) is 2. The number of benzene rings is 2. The second-order valence-electron chi connectivity index (χ2n) is 5.07. The molecule has 0 unspecified atom stereocenters. The van der Waals surface area contributed by atoms with Crippen molar-refractivity contribution in [1.29, 1.82) is 0 Å². The van der Waals surface area contributed by atoms with Crippen LogP contribution in [0.3, 0.4) is 0 Å². The summed E-state index contributed by atoms with van der Waals surface area (Å²) < 4.78 is 5.39. The predicted molar refractivity (Wildman–Crippen MR) is 95.7 cm³/mol. The molecule has 1 N–H and O–H groups in total. The second-order valence-corrected chi connectivity index (χ2v) is 6.49. The van der Waals surface area contributed by atoms with Crippen LogP contribution in [0.2, 0.25) is 5.02 Å².